The third-order valence-electron chi connectivity index (χ3n) is 2.85. The Morgan fingerprint density at radius 3 is 2.56 bits per heavy atom. The van der Waals surface area contributed by atoms with Crippen LogP contribution in [0.25, 0.3) is 0 Å². The van der Waals surface area contributed by atoms with Gasteiger partial charge < -0.3 is 14.3 Å². The number of aliphatic hydroxyl groups is 1. The van der Waals surface area contributed by atoms with Gasteiger partial charge in [-0.3, -0.25) is 0 Å². The Morgan fingerprint density at radius 1 is 1.28 bits per heavy atom. The highest BCUT2D eigenvalue weighted by atomic mass is 35.5. The van der Waals surface area contributed by atoms with Crippen LogP contribution in [-0.4, -0.2) is 12.2 Å². The van der Waals surface area contributed by atoms with E-state index in [9.17, 15) is 5.11 Å². The molecule has 1 aromatic heterocycles. The van der Waals surface area contributed by atoms with Crippen molar-refractivity contribution in [1.82, 2.24) is 0 Å². The predicted molar refractivity (Wildman–Crippen MR) is 70.2 cm³/mol. The molecule has 3 nitrogen and oxygen atoms in total. The largest absolute Gasteiger partial charge is 0.496 e. The first-order valence-electron chi connectivity index (χ1n) is 5.61. The molecule has 0 radical (unpaired) electrons. The minimum atomic E-state index is -0.881. The Morgan fingerprint density at radius 2 is 2.00 bits per heavy atom. The number of hydrogen-bond acceptors (Lipinski definition) is 3. The van der Waals surface area contributed by atoms with E-state index in [2.05, 4.69) is 0 Å². The molecule has 2 rings (SSSR count). The summed E-state index contributed by atoms with van der Waals surface area (Å²) in [5.41, 5.74) is 2.73. The first-order chi connectivity index (χ1) is 8.52. The Balaban J connectivity index is 2.50. The first kappa shape index (κ1) is 13.0. The lowest BCUT2D eigenvalue weighted by atomic mass is 9.98. The van der Waals surface area contributed by atoms with Crippen LogP contribution >= 0.6 is 11.6 Å². The summed E-state index contributed by atoms with van der Waals surface area (Å²) in [5, 5.41) is 10.6. The summed E-state index contributed by atoms with van der Waals surface area (Å²) in [4.78, 5) is 0. The lowest BCUT2D eigenvalue weighted by Crippen LogP contribution is -2.04. The van der Waals surface area contributed by atoms with Gasteiger partial charge in [0.15, 0.2) is 5.22 Å². The lowest BCUT2D eigenvalue weighted by molar-refractivity contribution is 0.184. The molecule has 0 bridgehead atoms. The fourth-order valence-corrected chi connectivity index (χ4v) is 2.23. The second-order valence-electron chi connectivity index (χ2n) is 4.24. The summed E-state index contributed by atoms with van der Waals surface area (Å²) in [7, 11) is 1.58. The molecule has 0 fully saturated rings. The topological polar surface area (TPSA) is 42.6 Å². The molecule has 0 saturated heterocycles. The van der Waals surface area contributed by atoms with Gasteiger partial charge in [0.1, 0.15) is 17.6 Å². The maximum absolute atomic E-state index is 10.4. The van der Waals surface area contributed by atoms with Gasteiger partial charge in [0.2, 0.25) is 0 Å². The van der Waals surface area contributed by atoms with Crippen LogP contribution in [0.2, 0.25) is 5.22 Å². The molecule has 4 heteroatoms. The average molecular weight is 267 g/mol. The molecule has 0 amide bonds. The van der Waals surface area contributed by atoms with E-state index in [4.69, 9.17) is 20.8 Å². The van der Waals surface area contributed by atoms with Crippen molar-refractivity contribution in [3.8, 4) is 5.75 Å². The zero-order valence-electron chi connectivity index (χ0n) is 10.5. The summed E-state index contributed by atoms with van der Waals surface area (Å²) in [6.07, 6.45) is -0.881. The molecule has 1 aromatic carbocycles. The number of furan rings is 1. The molecule has 1 heterocycles. The molecule has 0 aliphatic carbocycles. The van der Waals surface area contributed by atoms with E-state index in [0.717, 1.165) is 11.1 Å². The standard InChI is InChI=1S/C14H15ClO3/c1-8-6-9(2)13(11(7-8)17-3)14(16)10-4-5-12(15)18-10/h4-7,14,16H,1-3H3. The minimum Gasteiger partial charge on any atom is -0.496 e. The number of aryl methyl sites for hydroxylation is 2. The van der Waals surface area contributed by atoms with Crippen LogP contribution in [0.3, 0.4) is 0 Å². The number of halogens is 1. The van der Waals surface area contributed by atoms with E-state index in [1.165, 1.54) is 0 Å². The second kappa shape index (κ2) is 5.04. The molecular formula is C14H15ClO3. The molecule has 1 atom stereocenters. The van der Waals surface area contributed by atoms with Crippen LogP contribution in [0.1, 0.15) is 28.6 Å². The summed E-state index contributed by atoms with van der Waals surface area (Å²) >= 11 is 5.72. The minimum absolute atomic E-state index is 0.257. The first-order valence-corrected chi connectivity index (χ1v) is 5.99. The van der Waals surface area contributed by atoms with Gasteiger partial charge in [-0.05, 0) is 54.8 Å². The maximum atomic E-state index is 10.4. The second-order valence-corrected chi connectivity index (χ2v) is 4.61. The highest BCUT2D eigenvalue weighted by molar-refractivity contribution is 6.28. The Labute approximate surface area is 111 Å². The number of ether oxygens (including phenoxy) is 1. The summed E-state index contributed by atoms with van der Waals surface area (Å²) in [6, 6.07) is 7.14. The van der Waals surface area contributed by atoms with Crippen LogP contribution < -0.4 is 4.74 Å². The van der Waals surface area contributed by atoms with Gasteiger partial charge in [-0.2, -0.15) is 0 Å². The molecule has 0 saturated carbocycles. The van der Waals surface area contributed by atoms with E-state index >= 15 is 0 Å². The van der Waals surface area contributed by atoms with Crippen LogP contribution in [0.4, 0.5) is 0 Å². The monoisotopic (exact) mass is 266 g/mol. The summed E-state index contributed by atoms with van der Waals surface area (Å²) in [5.74, 6) is 1.05. The summed E-state index contributed by atoms with van der Waals surface area (Å²) < 4.78 is 10.6. The highest BCUT2D eigenvalue weighted by Gasteiger charge is 2.21. The summed E-state index contributed by atoms with van der Waals surface area (Å²) in [6.45, 7) is 3.91. The molecule has 1 N–H and O–H groups in total. The van der Waals surface area contributed by atoms with Crippen molar-refractivity contribution in [1.29, 1.82) is 0 Å². The van der Waals surface area contributed by atoms with Gasteiger partial charge in [-0.15, -0.1) is 0 Å². The van der Waals surface area contributed by atoms with Gasteiger partial charge in [0.05, 0.1) is 7.11 Å². The van der Waals surface area contributed by atoms with Crippen molar-refractivity contribution in [3.05, 3.63) is 51.9 Å². The molecule has 18 heavy (non-hydrogen) atoms. The molecule has 0 aliphatic rings. The molecule has 0 spiro atoms. The predicted octanol–water partition coefficient (Wildman–Crippen LogP) is 3.64. The van der Waals surface area contributed by atoms with Crippen LogP contribution in [-0.2, 0) is 0 Å². The van der Waals surface area contributed by atoms with Crippen molar-refractivity contribution in [3.63, 3.8) is 0 Å². The number of aliphatic hydroxyl groups excluding tert-OH is 1. The molecule has 1 unspecified atom stereocenters. The lowest BCUT2D eigenvalue weighted by Gasteiger charge is -2.16. The molecule has 96 valence electrons. The number of rotatable bonds is 3. The van der Waals surface area contributed by atoms with Crippen LogP contribution in [0.15, 0.2) is 28.7 Å². The number of hydrogen-bond donors (Lipinski definition) is 1. The zero-order valence-corrected chi connectivity index (χ0v) is 11.3. The Bertz CT molecular complexity index is 560. The zero-order chi connectivity index (χ0) is 13.3. The van der Waals surface area contributed by atoms with E-state index < -0.39 is 6.10 Å². The fraction of sp³-hybridized carbons (Fsp3) is 0.286. The van der Waals surface area contributed by atoms with Crippen molar-refractivity contribution < 1.29 is 14.3 Å². The van der Waals surface area contributed by atoms with E-state index in [1.807, 2.05) is 26.0 Å². The van der Waals surface area contributed by atoms with Gasteiger partial charge in [-0.25, -0.2) is 0 Å². The Hall–Kier alpha value is -1.45. The number of benzene rings is 1. The molecule has 0 aliphatic heterocycles. The van der Waals surface area contributed by atoms with Crippen LogP contribution in [0, 0.1) is 13.8 Å². The van der Waals surface area contributed by atoms with Gasteiger partial charge in [0.25, 0.3) is 0 Å². The highest BCUT2D eigenvalue weighted by Crippen LogP contribution is 2.34. The van der Waals surface area contributed by atoms with Crippen molar-refractivity contribution in [2.45, 2.75) is 20.0 Å². The van der Waals surface area contributed by atoms with Gasteiger partial charge in [0, 0.05) is 5.56 Å². The van der Waals surface area contributed by atoms with Crippen LogP contribution in [0.5, 0.6) is 5.75 Å². The average Bonchev–Trinajstić information content (AvgIpc) is 2.74. The van der Waals surface area contributed by atoms with Gasteiger partial charge in [-0.1, -0.05) is 6.07 Å². The van der Waals surface area contributed by atoms with E-state index in [-0.39, 0.29) is 5.22 Å². The smallest absolute Gasteiger partial charge is 0.193 e. The number of methoxy groups -OCH3 is 1. The van der Waals surface area contributed by atoms with Gasteiger partial charge >= 0.3 is 0 Å². The molecule has 2 aromatic rings. The van der Waals surface area contributed by atoms with Crippen molar-refractivity contribution in [2.75, 3.05) is 7.11 Å². The van der Waals surface area contributed by atoms with E-state index in [1.54, 1.807) is 19.2 Å². The SMILES string of the molecule is COc1cc(C)cc(C)c1C(O)c1ccc(Cl)o1. The third kappa shape index (κ3) is 2.37. The van der Waals surface area contributed by atoms with E-state index in [0.29, 0.717) is 17.1 Å². The quantitative estimate of drug-likeness (QED) is 0.922. The third-order valence-corrected chi connectivity index (χ3v) is 3.05. The molecular weight excluding hydrogens is 252 g/mol. The Kier molecular flexibility index (Phi) is 3.64. The maximum Gasteiger partial charge on any atom is 0.193 e. The van der Waals surface area contributed by atoms with Crippen molar-refractivity contribution >= 4 is 11.6 Å². The van der Waals surface area contributed by atoms with Crippen molar-refractivity contribution in [2.24, 2.45) is 0 Å². The normalized spacial score (nSPS) is 12.5. The fourth-order valence-electron chi connectivity index (χ4n) is 2.08.